The van der Waals surface area contributed by atoms with E-state index in [1.165, 1.54) is 26.4 Å². The number of carbonyl (C=O) groups excluding carboxylic acids is 1. The van der Waals surface area contributed by atoms with E-state index in [1.54, 1.807) is 6.07 Å². The number of hydrogen-bond donors (Lipinski definition) is 1. The number of nitrogens with zero attached hydrogens (tertiary/aromatic N) is 2. The Morgan fingerprint density at radius 2 is 1.92 bits per heavy atom. The third kappa shape index (κ3) is 4.55. The molecule has 1 aromatic carbocycles. The molecule has 0 aliphatic carbocycles. The van der Waals surface area contributed by atoms with Gasteiger partial charge in [-0.15, -0.1) is 0 Å². The molecule has 0 aliphatic heterocycles. The lowest BCUT2D eigenvalue weighted by molar-refractivity contribution is -0.116. The molecule has 0 aliphatic rings. The molecule has 134 valence electrons. The normalized spacial score (nSPS) is 11.5. The number of carbonyl (C=O) groups is 1. The van der Waals surface area contributed by atoms with Gasteiger partial charge < -0.3 is 9.88 Å². The number of anilines is 1. The van der Waals surface area contributed by atoms with E-state index >= 15 is 0 Å². The van der Waals surface area contributed by atoms with Crippen LogP contribution in [0, 0.1) is 0 Å². The van der Waals surface area contributed by atoms with Gasteiger partial charge in [0.15, 0.2) is 0 Å². The number of hydrogen-bond acceptors (Lipinski definition) is 4. The van der Waals surface area contributed by atoms with Crippen LogP contribution in [0.15, 0.2) is 52.3 Å². The minimum absolute atomic E-state index is 0.0436. The van der Waals surface area contributed by atoms with Crippen molar-refractivity contribution >= 4 is 21.6 Å². The fourth-order valence-electron chi connectivity index (χ4n) is 2.22. The average Bonchev–Trinajstić information content (AvgIpc) is 2.56. The lowest BCUT2D eigenvalue weighted by Crippen LogP contribution is -2.29. The summed E-state index contributed by atoms with van der Waals surface area (Å²) < 4.78 is 26.4. The van der Waals surface area contributed by atoms with Crippen LogP contribution >= 0.6 is 0 Å². The summed E-state index contributed by atoms with van der Waals surface area (Å²) in [4.78, 5) is 24.1. The summed E-state index contributed by atoms with van der Waals surface area (Å²) in [6.45, 7) is 1.74. The van der Waals surface area contributed by atoms with Gasteiger partial charge >= 0.3 is 0 Å². The molecule has 1 amide bonds. The molecule has 1 aromatic heterocycles. The van der Waals surface area contributed by atoms with Gasteiger partial charge in [-0.1, -0.05) is 19.1 Å². The number of aromatic nitrogens is 1. The van der Waals surface area contributed by atoms with Crippen molar-refractivity contribution in [2.24, 2.45) is 0 Å². The summed E-state index contributed by atoms with van der Waals surface area (Å²) in [5.74, 6) is -0.408. The molecule has 0 radical (unpaired) electrons. The minimum atomic E-state index is -3.68. The quantitative estimate of drug-likeness (QED) is 0.838. The highest BCUT2D eigenvalue weighted by Gasteiger charge is 2.18. The minimum Gasteiger partial charge on any atom is -0.325 e. The maximum absolute atomic E-state index is 12.2. The predicted molar refractivity (Wildman–Crippen MR) is 96.0 cm³/mol. The topological polar surface area (TPSA) is 88.5 Å². The number of benzene rings is 1. The second kappa shape index (κ2) is 7.62. The van der Waals surface area contributed by atoms with Crippen LogP contribution in [0.1, 0.15) is 12.5 Å². The second-order valence-corrected chi connectivity index (χ2v) is 7.87. The van der Waals surface area contributed by atoms with Crippen LogP contribution in [0.5, 0.6) is 0 Å². The Hall–Kier alpha value is -2.45. The van der Waals surface area contributed by atoms with Crippen molar-refractivity contribution in [2.45, 2.75) is 24.8 Å². The van der Waals surface area contributed by atoms with Crippen LogP contribution in [-0.2, 0) is 27.8 Å². The summed E-state index contributed by atoms with van der Waals surface area (Å²) in [5.41, 5.74) is 1.26. The SMILES string of the molecule is CCc1cccc(NC(=O)Cn2cc(S(=O)(=O)N(C)C)ccc2=O)c1. The Morgan fingerprint density at radius 3 is 2.56 bits per heavy atom. The molecule has 0 atom stereocenters. The zero-order valence-corrected chi connectivity index (χ0v) is 15.2. The highest BCUT2D eigenvalue weighted by molar-refractivity contribution is 7.89. The third-order valence-electron chi connectivity index (χ3n) is 3.67. The lowest BCUT2D eigenvalue weighted by Gasteiger charge is -2.13. The molecule has 2 rings (SSSR count). The van der Waals surface area contributed by atoms with Crippen LogP contribution in [0.4, 0.5) is 5.69 Å². The number of nitrogens with one attached hydrogen (secondary N) is 1. The molecule has 0 bridgehead atoms. The van der Waals surface area contributed by atoms with Gasteiger partial charge in [0.1, 0.15) is 6.54 Å². The van der Waals surface area contributed by atoms with E-state index in [0.717, 1.165) is 26.9 Å². The Kier molecular flexibility index (Phi) is 5.76. The fourth-order valence-corrected chi connectivity index (χ4v) is 3.14. The van der Waals surface area contributed by atoms with E-state index in [2.05, 4.69) is 5.32 Å². The predicted octanol–water partition coefficient (Wildman–Crippen LogP) is 1.30. The van der Waals surface area contributed by atoms with Crippen molar-refractivity contribution in [2.75, 3.05) is 19.4 Å². The molecule has 8 heteroatoms. The van der Waals surface area contributed by atoms with Crippen molar-refractivity contribution in [1.82, 2.24) is 8.87 Å². The first-order chi connectivity index (χ1) is 11.7. The largest absolute Gasteiger partial charge is 0.325 e. The lowest BCUT2D eigenvalue weighted by atomic mass is 10.1. The van der Waals surface area contributed by atoms with Crippen molar-refractivity contribution < 1.29 is 13.2 Å². The number of aryl methyl sites for hydroxylation is 1. The monoisotopic (exact) mass is 363 g/mol. The number of sulfonamides is 1. The van der Waals surface area contributed by atoms with Crippen LogP contribution in [0.2, 0.25) is 0 Å². The third-order valence-corrected chi connectivity index (χ3v) is 5.47. The Labute approximate surface area is 147 Å². The van der Waals surface area contributed by atoms with Gasteiger partial charge in [-0.3, -0.25) is 9.59 Å². The molecule has 0 fully saturated rings. The number of pyridine rings is 1. The molecule has 0 saturated carbocycles. The highest BCUT2D eigenvalue weighted by atomic mass is 32.2. The molecule has 0 saturated heterocycles. The van der Waals surface area contributed by atoms with Crippen LogP contribution in [0.25, 0.3) is 0 Å². The summed E-state index contributed by atoms with van der Waals surface area (Å²) in [6, 6.07) is 9.78. The van der Waals surface area contributed by atoms with E-state index in [4.69, 9.17) is 0 Å². The van der Waals surface area contributed by atoms with Crippen molar-refractivity contribution in [3.05, 3.63) is 58.5 Å². The van der Waals surface area contributed by atoms with Gasteiger partial charge in [0.05, 0.1) is 4.90 Å². The maximum Gasteiger partial charge on any atom is 0.251 e. The maximum atomic E-state index is 12.2. The average molecular weight is 363 g/mol. The summed E-state index contributed by atoms with van der Waals surface area (Å²) in [5, 5.41) is 2.71. The molecule has 0 spiro atoms. The van der Waals surface area contributed by atoms with Gasteiger partial charge in [-0.25, -0.2) is 12.7 Å². The molecular weight excluding hydrogens is 342 g/mol. The van der Waals surface area contributed by atoms with Gasteiger partial charge in [0.25, 0.3) is 5.56 Å². The van der Waals surface area contributed by atoms with Crippen LogP contribution in [-0.4, -0.2) is 37.3 Å². The number of amides is 1. The first-order valence-electron chi connectivity index (χ1n) is 7.76. The first kappa shape index (κ1) is 18.9. The van der Waals surface area contributed by atoms with E-state index in [1.807, 2.05) is 25.1 Å². The Bertz CT molecular complexity index is 933. The molecule has 1 N–H and O–H groups in total. The second-order valence-electron chi connectivity index (χ2n) is 5.72. The van der Waals surface area contributed by atoms with E-state index in [9.17, 15) is 18.0 Å². The van der Waals surface area contributed by atoms with Gasteiger partial charge in [-0.05, 0) is 30.2 Å². The molecule has 25 heavy (non-hydrogen) atoms. The molecular formula is C17H21N3O4S. The zero-order valence-electron chi connectivity index (χ0n) is 14.4. The summed E-state index contributed by atoms with van der Waals surface area (Å²) >= 11 is 0. The Morgan fingerprint density at radius 1 is 1.20 bits per heavy atom. The van der Waals surface area contributed by atoms with Gasteiger partial charge in [0, 0.05) is 32.0 Å². The van der Waals surface area contributed by atoms with Crippen LogP contribution in [0.3, 0.4) is 0 Å². The first-order valence-corrected chi connectivity index (χ1v) is 9.20. The summed E-state index contributed by atoms with van der Waals surface area (Å²) in [7, 11) is -0.876. The number of rotatable bonds is 6. The molecule has 2 aromatic rings. The van der Waals surface area contributed by atoms with Crippen molar-refractivity contribution in [1.29, 1.82) is 0 Å². The zero-order chi connectivity index (χ0) is 18.6. The van der Waals surface area contributed by atoms with Crippen molar-refractivity contribution in [3.8, 4) is 0 Å². The smallest absolute Gasteiger partial charge is 0.251 e. The van der Waals surface area contributed by atoms with E-state index < -0.39 is 21.5 Å². The fraction of sp³-hybridized carbons (Fsp3) is 0.294. The summed E-state index contributed by atoms with van der Waals surface area (Å²) in [6.07, 6.45) is 2.02. The van der Waals surface area contributed by atoms with Crippen LogP contribution < -0.4 is 10.9 Å². The molecule has 7 nitrogen and oxygen atoms in total. The van der Waals surface area contributed by atoms with Gasteiger partial charge in [-0.2, -0.15) is 0 Å². The Balaban J connectivity index is 2.22. The highest BCUT2D eigenvalue weighted by Crippen LogP contribution is 2.12. The molecule has 1 heterocycles. The van der Waals surface area contributed by atoms with Gasteiger partial charge in [0.2, 0.25) is 15.9 Å². The standard InChI is InChI=1S/C17H21N3O4S/c1-4-13-6-5-7-14(10-13)18-16(21)12-20-11-15(8-9-17(20)22)25(23,24)19(2)3/h5-11H,4,12H2,1-3H3,(H,18,21). The van der Waals surface area contributed by atoms with E-state index in [0.29, 0.717) is 5.69 Å². The van der Waals surface area contributed by atoms with Crippen molar-refractivity contribution in [3.63, 3.8) is 0 Å². The van der Waals surface area contributed by atoms with E-state index in [-0.39, 0.29) is 11.4 Å². The molecule has 0 unspecified atom stereocenters.